The number of carbonyl (C=O) groups excluding carboxylic acids is 1. The molecule has 0 spiro atoms. The first-order chi connectivity index (χ1) is 8.41. The van der Waals surface area contributed by atoms with Crippen LogP contribution >= 0.6 is 0 Å². The molecule has 0 aliphatic heterocycles. The molecule has 1 amide bonds. The Morgan fingerprint density at radius 2 is 2.06 bits per heavy atom. The molecule has 0 unspecified atom stereocenters. The molecule has 5 nitrogen and oxygen atoms in total. The Kier molecular flexibility index (Phi) is 5.09. The fourth-order valence-electron chi connectivity index (χ4n) is 1.89. The SMILES string of the molecule is CC(C)[C@@H](CNC(=O)c1cccc(=O)[nH]1)N(C)C. The lowest BCUT2D eigenvalue weighted by Gasteiger charge is -2.28. The van der Waals surface area contributed by atoms with Gasteiger partial charge in [-0.3, -0.25) is 9.59 Å². The Hall–Kier alpha value is -1.62. The first-order valence-corrected chi connectivity index (χ1v) is 6.05. The van der Waals surface area contributed by atoms with Gasteiger partial charge in [-0.2, -0.15) is 0 Å². The van der Waals surface area contributed by atoms with E-state index in [1.54, 1.807) is 12.1 Å². The van der Waals surface area contributed by atoms with E-state index in [4.69, 9.17) is 0 Å². The summed E-state index contributed by atoms with van der Waals surface area (Å²) in [5.41, 5.74) is 0.0273. The van der Waals surface area contributed by atoms with E-state index in [-0.39, 0.29) is 17.5 Å². The number of H-pyrrole nitrogens is 1. The van der Waals surface area contributed by atoms with Gasteiger partial charge in [0.05, 0.1) is 0 Å². The number of aromatic nitrogens is 1. The number of hydrogen-bond acceptors (Lipinski definition) is 3. The van der Waals surface area contributed by atoms with E-state index < -0.39 is 0 Å². The van der Waals surface area contributed by atoms with E-state index in [1.165, 1.54) is 6.07 Å². The number of amides is 1. The molecule has 5 heteroatoms. The van der Waals surface area contributed by atoms with Crippen LogP contribution in [0, 0.1) is 5.92 Å². The fourth-order valence-corrected chi connectivity index (χ4v) is 1.89. The van der Waals surface area contributed by atoms with Crippen molar-refractivity contribution in [2.75, 3.05) is 20.6 Å². The van der Waals surface area contributed by atoms with Crippen molar-refractivity contribution in [2.24, 2.45) is 5.92 Å². The van der Waals surface area contributed by atoms with E-state index >= 15 is 0 Å². The van der Waals surface area contributed by atoms with Crippen LogP contribution in [-0.2, 0) is 0 Å². The maximum Gasteiger partial charge on any atom is 0.267 e. The third-order valence-electron chi connectivity index (χ3n) is 2.92. The minimum Gasteiger partial charge on any atom is -0.349 e. The van der Waals surface area contributed by atoms with Crippen molar-refractivity contribution in [1.82, 2.24) is 15.2 Å². The highest BCUT2D eigenvalue weighted by molar-refractivity contribution is 5.92. The molecule has 18 heavy (non-hydrogen) atoms. The molecular formula is C13H21N3O2. The lowest BCUT2D eigenvalue weighted by Crippen LogP contribution is -2.43. The Balaban J connectivity index is 2.63. The average Bonchev–Trinajstić information content (AvgIpc) is 2.28. The van der Waals surface area contributed by atoms with Crippen molar-refractivity contribution in [3.63, 3.8) is 0 Å². The van der Waals surface area contributed by atoms with Gasteiger partial charge < -0.3 is 15.2 Å². The number of carbonyl (C=O) groups is 1. The van der Waals surface area contributed by atoms with Crippen molar-refractivity contribution in [3.8, 4) is 0 Å². The van der Waals surface area contributed by atoms with Crippen molar-refractivity contribution >= 4 is 5.91 Å². The number of rotatable bonds is 5. The second-order valence-electron chi connectivity index (χ2n) is 4.91. The molecule has 0 aliphatic carbocycles. The van der Waals surface area contributed by atoms with E-state index in [0.29, 0.717) is 18.2 Å². The van der Waals surface area contributed by atoms with Gasteiger partial charge in [0, 0.05) is 18.7 Å². The van der Waals surface area contributed by atoms with Gasteiger partial charge in [0.2, 0.25) is 5.56 Å². The highest BCUT2D eigenvalue weighted by Crippen LogP contribution is 2.06. The summed E-state index contributed by atoms with van der Waals surface area (Å²) < 4.78 is 0. The molecule has 0 saturated heterocycles. The van der Waals surface area contributed by atoms with Gasteiger partial charge in [0.1, 0.15) is 5.69 Å². The van der Waals surface area contributed by atoms with Crippen molar-refractivity contribution in [3.05, 3.63) is 34.2 Å². The number of aromatic amines is 1. The van der Waals surface area contributed by atoms with Crippen LogP contribution in [0.15, 0.2) is 23.0 Å². The predicted molar refractivity (Wildman–Crippen MR) is 71.7 cm³/mol. The molecule has 0 aromatic carbocycles. The average molecular weight is 251 g/mol. The van der Waals surface area contributed by atoms with E-state index in [9.17, 15) is 9.59 Å². The van der Waals surface area contributed by atoms with E-state index in [0.717, 1.165) is 0 Å². The second-order valence-corrected chi connectivity index (χ2v) is 4.91. The third kappa shape index (κ3) is 4.00. The highest BCUT2D eigenvalue weighted by atomic mass is 16.2. The maximum atomic E-state index is 11.8. The number of likely N-dealkylation sites (N-methyl/N-ethyl adjacent to an activating group) is 1. The standard InChI is InChI=1S/C13H21N3O2/c1-9(2)11(16(3)4)8-14-13(18)10-6-5-7-12(17)15-10/h5-7,9,11H,8H2,1-4H3,(H,14,18)(H,15,17)/t11-/m1/s1. The number of nitrogens with one attached hydrogen (secondary N) is 2. The fraction of sp³-hybridized carbons (Fsp3) is 0.538. The molecule has 1 aromatic rings. The van der Waals surface area contributed by atoms with Crippen LogP contribution in [0.5, 0.6) is 0 Å². The lowest BCUT2D eigenvalue weighted by atomic mass is 10.0. The van der Waals surface area contributed by atoms with Crippen LogP contribution in [0.4, 0.5) is 0 Å². The summed E-state index contributed by atoms with van der Waals surface area (Å²) in [6.45, 7) is 4.78. The van der Waals surface area contributed by atoms with Crippen molar-refractivity contribution < 1.29 is 4.79 Å². The van der Waals surface area contributed by atoms with Gasteiger partial charge >= 0.3 is 0 Å². The van der Waals surface area contributed by atoms with Crippen molar-refractivity contribution in [1.29, 1.82) is 0 Å². The Morgan fingerprint density at radius 1 is 1.39 bits per heavy atom. The Bertz CT molecular complexity index is 444. The van der Waals surface area contributed by atoms with Crippen LogP contribution in [0.1, 0.15) is 24.3 Å². The largest absolute Gasteiger partial charge is 0.349 e. The molecule has 0 aliphatic rings. The quantitative estimate of drug-likeness (QED) is 0.809. The monoisotopic (exact) mass is 251 g/mol. The number of hydrogen-bond donors (Lipinski definition) is 2. The molecule has 0 radical (unpaired) electrons. The second kappa shape index (κ2) is 6.35. The van der Waals surface area contributed by atoms with Crippen LogP contribution in [0.2, 0.25) is 0 Å². The summed E-state index contributed by atoms with van der Waals surface area (Å²) in [5.74, 6) is 0.190. The summed E-state index contributed by atoms with van der Waals surface area (Å²) in [6, 6.07) is 4.81. The number of pyridine rings is 1. The zero-order valence-electron chi connectivity index (χ0n) is 11.4. The molecule has 1 aromatic heterocycles. The van der Waals surface area contributed by atoms with E-state index in [2.05, 4.69) is 29.0 Å². The molecule has 1 rings (SSSR count). The van der Waals surface area contributed by atoms with Gasteiger partial charge in [-0.25, -0.2) is 0 Å². The summed E-state index contributed by atoms with van der Waals surface area (Å²) in [4.78, 5) is 27.5. The van der Waals surface area contributed by atoms with Gasteiger partial charge in [-0.05, 0) is 26.1 Å². The normalized spacial score (nSPS) is 12.8. The van der Waals surface area contributed by atoms with Gasteiger partial charge in [0.15, 0.2) is 0 Å². The smallest absolute Gasteiger partial charge is 0.267 e. The summed E-state index contributed by atoms with van der Waals surface area (Å²) in [6.07, 6.45) is 0. The third-order valence-corrected chi connectivity index (χ3v) is 2.92. The Labute approximate surface area is 107 Å². The molecule has 0 saturated carbocycles. The zero-order valence-corrected chi connectivity index (χ0v) is 11.4. The maximum absolute atomic E-state index is 11.8. The lowest BCUT2D eigenvalue weighted by molar-refractivity contribution is 0.0929. The van der Waals surface area contributed by atoms with Crippen LogP contribution in [-0.4, -0.2) is 42.5 Å². The molecule has 1 atom stereocenters. The minimum absolute atomic E-state index is 0.250. The summed E-state index contributed by atoms with van der Waals surface area (Å²) in [7, 11) is 3.97. The van der Waals surface area contributed by atoms with Crippen LogP contribution in [0.25, 0.3) is 0 Å². The zero-order chi connectivity index (χ0) is 13.7. The summed E-state index contributed by atoms with van der Waals surface area (Å²) >= 11 is 0. The first kappa shape index (κ1) is 14.4. The topological polar surface area (TPSA) is 65.2 Å². The molecule has 0 bridgehead atoms. The molecular weight excluding hydrogens is 230 g/mol. The van der Waals surface area contributed by atoms with Crippen molar-refractivity contribution in [2.45, 2.75) is 19.9 Å². The highest BCUT2D eigenvalue weighted by Gasteiger charge is 2.17. The summed E-state index contributed by atoms with van der Waals surface area (Å²) in [5, 5.41) is 2.84. The predicted octanol–water partition coefficient (Wildman–Crippen LogP) is 0.691. The van der Waals surface area contributed by atoms with E-state index in [1.807, 2.05) is 14.1 Å². The molecule has 100 valence electrons. The van der Waals surface area contributed by atoms with Crippen LogP contribution in [0.3, 0.4) is 0 Å². The Morgan fingerprint density at radius 3 is 2.56 bits per heavy atom. The first-order valence-electron chi connectivity index (χ1n) is 6.05. The minimum atomic E-state index is -0.268. The van der Waals surface area contributed by atoms with Gasteiger partial charge in [0.25, 0.3) is 5.91 Å². The number of nitrogens with zero attached hydrogens (tertiary/aromatic N) is 1. The van der Waals surface area contributed by atoms with Gasteiger partial charge in [-0.15, -0.1) is 0 Å². The van der Waals surface area contributed by atoms with Crippen LogP contribution < -0.4 is 10.9 Å². The molecule has 1 heterocycles. The van der Waals surface area contributed by atoms with Gasteiger partial charge in [-0.1, -0.05) is 19.9 Å². The molecule has 2 N–H and O–H groups in total. The molecule has 0 fully saturated rings.